The van der Waals surface area contributed by atoms with Crippen molar-refractivity contribution >= 4 is 6.09 Å². The highest BCUT2D eigenvalue weighted by atomic mass is 16.6. The summed E-state index contributed by atoms with van der Waals surface area (Å²) in [6.45, 7) is 7.35. The van der Waals surface area contributed by atoms with Crippen molar-refractivity contribution in [3.63, 3.8) is 0 Å². The van der Waals surface area contributed by atoms with Crippen LogP contribution in [0.5, 0.6) is 0 Å². The normalized spacial score (nSPS) is 15.3. The second kappa shape index (κ2) is 5.07. The Balaban J connectivity index is 0.000000671. The van der Waals surface area contributed by atoms with Crippen LogP contribution in [0.2, 0.25) is 0 Å². The van der Waals surface area contributed by atoms with Gasteiger partial charge in [-0.05, 0) is 34.2 Å². The van der Waals surface area contributed by atoms with Gasteiger partial charge in [0.1, 0.15) is 5.60 Å². The number of rotatable bonds is 0. The van der Waals surface area contributed by atoms with Gasteiger partial charge in [-0.2, -0.15) is 0 Å². The first kappa shape index (κ1) is 12.2. The van der Waals surface area contributed by atoms with E-state index in [2.05, 4.69) is 5.73 Å². The number of likely N-dealkylation sites (tertiary alicyclic amines) is 1. The van der Waals surface area contributed by atoms with Crippen molar-refractivity contribution < 1.29 is 9.53 Å². The van der Waals surface area contributed by atoms with Gasteiger partial charge in [0.05, 0.1) is 0 Å². The number of amides is 1. The van der Waals surface area contributed by atoms with Gasteiger partial charge in [0, 0.05) is 13.1 Å². The Labute approximate surface area is 80.0 Å². The molecule has 0 spiro atoms. The summed E-state index contributed by atoms with van der Waals surface area (Å²) in [5.74, 6) is 0. The Morgan fingerprint density at radius 2 is 1.77 bits per heavy atom. The van der Waals surface area contributed by atoms with Crippen LogP contribution in [0.25, 0.3) is 0 Å². The van der Waals surface area contributed by atoms with E-state index < -0.39 is 0 Å². The van der Waals surface area contributed by atoms with Gasteiger partial charge in [-0.15, -0.1) is 0 Å². The van der Waals surface area contributed by atoms with Crippen molar-refractivity contribution in [1.82, 2.24) is 4.90 Å². The topological polar surface area (TPSA) is 55.6 Å². The first-order chi connectivity index (χ1) is 5.99. The van der Waals surface area contributed by atoms with Crippen LogP contribution in [0.4, 0.5) is 4.79 Å². The van der Waals surface area contributed by atoms with Gasteiger partial charge in [-0.25, -0.2) is 4.79 Å². The molecular formula is C9H20N2O2. The van der Waals surface area contributed by atoms with E-state index in [-0.39, 0.29) is 11.7 Å². The summed E-state index contributed by atoms with van der Waals surface area (Å²) < 4.78 is 5.13. The zero-order chi connectivity index (χ0) is 10.5. The second-order valence-electron chi connectivity index (χ2n) is 3.82. The third-order valence-electron chi connectivity index (χ3n) is 1.51. The quantitative estimate of drug-likeness (QED) is 0.621. The SMILES string of the molecule is CC(C)(C)OC(=O)N1CCC1.CN. The Hall–Kier alpha value is -0.770. The Morgan fingerprint density at radius 3 is 2.00 bits per heavy atom. The minimum Gasteiger partial charge on any atom is -0.444 e. The van der Waals surface area contributed by atoms with Crippen LogP contribution in [0.15, 0.2) is 0 Å². The van der Waals surface area contributed by atoms with Crippen LogP contribution in [-0.4, -0.2) is 36.7 Å². The van der Waals surface area contributed by atoms with Crippen LogP contribution in [0, 0.1) is 0 Å². The predicted octanol–water partition coefficient (Wildman–Crippen LogP) is 1.20. The lowest BCUT2D eigenvalue weighted by molar-refractivity contribution is 0.0131. The van der Waals surface area contributed by atoms with E-state index in [9.17, 15) is 4.79 Å². The summed E-state index contributed by atoms with van der Waals surface area (Å²) in [5, 5.41) is 0. The molecule has 2 N–H and O–H groups in total. The molecule has 0 bridgehead atoms. The molecule has 78 valence electrons. The van der Waals surface area contributed by atoms with Gasteiger partial charge in [-0.3, -0.25) is 0 Å². The number of carbonyl (C=O) groups is 1. The molecule has 1 heterocycles. The van der Waals surface area contributed by atoms with Crippen LogP contribution in [0.1, 0.15) is 27.2 Å². The van der Waals surface area contributed by atoms with Gasteiger partial charge in [0.15, 0.2) is 0 Å². The van der Waals surface area contributed by atoms with Gasteiger partial charge in [-0.1, -0.05) is 0 Å². The monoisotopic (exact) mass is 188 g/mol. The molecule has 0 atom stereocenters. The Morgan fingerprint density at radius 1 is 1.31 bits per heavy atom. The van der Waals surface area contributed by atoms with E-state index >= 15 is 0 Å². The first-order valence-corrected chi connectivity index (χ1v) is 4.55. The fraction of sp³-hybridized carbons (Fsp3) is 0.889. The van der Waals surface area contributed by atoms with Gasteiger partial charge in [0.2, 0.25) is 0 Å². The van der Waals surface area contributed by atoms with Crippen molar-refractivity contribution in [3.8, 4) is 0 Å². The van der Waals surface area contributed by atoms with Crippen molar-refractivity contribution in [3.05, 3.63) is 0 Å². The molecule has 1 aliphatic rings. The van der Waals surface area contributed by atoms with E-state index in [1.54, 1.807) is 4.90 Å². The van der Waals surface area contributed by atoms with Crippen molar-refractivity contribution in [2.24, 2.45) is 5.73 Å². The zero-order valence-electron chi connectivity index (χ0n) is 8.96. The number of hydrogen-bond acceptors (Lipinski definition) is 3. The molecule has 0 aromatic rings. The lowest BCUT2D eigenvalue weighted by atomic mass is 10.2. The molecule has 0 aromatic heterocycles. The van der Waals surface area contributed by atoms with Crippen LogP contribution in [-0.2, 0) is 4.74 Å². The summed E-state index contributed by atoms with van der Waals surface area (Å²) in [4.78, 5) is 12.9. The van der Waals surface area contributed by atoms with Crippen molar-refractivity contribution in [1.29, 1.82) is 0 Å². The molecule has 0 saturated carbocycles. The van der Waals surface area contributed by atoms with Crippen LogP contribution in [0.3, 0.4) is 0 Å². The average molecular weight is 188 g/mol. The maximum atomic E-state index is 11.1. The summed E-state index contributed by atoms with van der Waals surface area (Å²) in [6.07, 6.45) is 0.933. The Bertz CT molecular complexity index is 159. The van der Waals surface area contributed by atoms with Crippen LogP contribution < -0.4 is 5.73 Å². The van der Waals surface area contributed by atoms with Gasteiger partial charge >= 0.3 is 6.09 Å². The van der Waals surface area contributed by atoms with Gasteiger partial charge < -0.3 is 15.4 Å². The van der Waals surface area contributed by atoms with E-state index in [4.69, 9.17) is 4.74 Å². The molecule has 1 fully saturated rings. The molecule has 1 amide bonds. The summed E-state index contributed by atoms with van der Waals surface area (Å²) >= 11 is 0. The molecule has 0 aromatic carbocycles. The number of hydrogen-bond donors (Lipinski definition) is 1. The third kappa shape index (κ3) is 4.72. The minimum absolute atomic E-state index is 0.177. The fourth-order valence-corrected chi connectivity index (χ4v) is 0.825. The molecule has 1 rings (SSSR count). The summed E-state index contributed by atoms with van der Waals surface area (Å²) in [7, 11) is 1.50. The largest absolute Gasteiger partial charge is 0.444 e. The zero-order valence-corrected chi connectivity index (χ0v) is 8.96. The maximum absolute atomic E-state index is 11.1. The second-order valence-corrected chi connectivity index (χ2v) is 3.82. The van der Waals surface area contributed by atoms with E-state index in [0.717, 1.165) is 19.5 Å². The summed E-state index contributed by atoms with van der Waals surface area (Å²) in [6, 6.07) is 0. The van der Waals surface area contributed by atoms with E-state index in [1.165, 1.54) is 7.05 Å². The standard InChI is InChI=1S/C8H15NO2.CH5N/c1-8(2,3)11-7(10)9-5-4-6-9;1-2/h4-6H2,1-3H3;2H2,1H3. The predicted molar refractivity (Wildman–Crippen MR) is 52.5 cm³/mol. The van der Waals surface area contributed by atoms with E-state index in [1.807, 2.05) is 20.8 Å². The summed E-state index contributed by atoms with van der Waals surface area (Å²) in [5.41, 5.74) is 4.15. The fourth-order valence-electron chi connectivity index (χ4n) is 0.825. The molecule has 1 aliphatic heterocycles. The minimum atomic E-state index is -0.354. The lowest BCUT2D eigenvalue weighted by Crippen LogP contribution is -2.44. The molecule has 4 nitrogen and oxygen atoms in total. The third-order valence-corrected chi connectivity index (χ3v) is 1.51. The number of nitrogens with zero attached hydrogens (tertiary/aromatic N) is 1. The Kier molecular flexibility index (Phi) is 4.77. The van der Waals surface area contributed by atoms with Crippen molar-refractivity contribution in [2.75, 3.05) is 20.1 Å². The van der Waals surface area contributed by atoms with Crippen LogP contribution >= 0.6 is 0 Å². The molecule has 4 heteroatoms. The highest BCUT2D eigenvalue weighted by molar-refractivity contribution is 5.68. The van der Waals surface area contributed by atoms with Crippen molar-refractivity contribution in [2.45, 2.75) is 32.8 Å². The molecule has 0 radical (unpaired) electrons. The molecular weight excluding hydrogens is 168 g/mol. The molecule has 0 unspecified atom stereocenters. The number of ether oxygens (including phenoxy) is 1. The molecule has 1 saturated heterocycles. The molecule has 13 heavy (non-hydrogen) atoms. The smallest absolute Gasteiger partial charge is 0.410 e. The molecule has 0 aliphatic carbocycles. The average Bonchev–Trinajstić information content (AvgIpc) is 1.83. The maximum Gasteiger partial charge on any atom is 0.410 e. The number of carbonyl (C=O) groups excluding carboxylic acids is 1. The van der Waals surface area contributed by atoms with E-state index in [0.29, 0.717) is 0 Å². The van der Waals surface area contributed by atoms with Gasteiger partial charge in [0.25, 0.3) is 0 Å². The first-order valence-electron chi connectivity index (χ1n) is 4.55. The highest BCUT2D eigenvalue weighted by Crippen LogP contribution is 2.13. The highest BCUT2D eigenvalue weighted by Gasteiger charge is 2.25. The number of nitrogens with two attached hydrogens (primary N) is 1. The lowest BCUT2D eigenvalue weighted by Gasteiger charge is -2.32.